The first-order chi connectivity index (χ1) is 10.6. The summed E-state index contributed by atoms with van der Waals surface area (Å²) in [7, 11) is -5.85. The first-order valence-electron chi connectivity index (χ1n) is 7.68. The van der Waals surface area contributed by atoms with Crippen LogP contribution in [0.5, 0.6) is 0 Å². The van der Waals surface area contributed by atoms with Gasteiger partial charge in [-0.1, -0.05) is 12.8 Å². The van der Waals surface area contributed by atoms with Crippen molar-refractivity contribution in [2.45, 2.75) is 50.2 Å². The van der Waals surface area contributed by atoms with Crippen LogP contribution in [0.3, 0.4) is 0 Å². The maximum absolute atomic E-state index is 13.2. The molecular weight excluding hydrogens is 337 g/mol. The van der Waals surface area contributed by atoms with Crippen molar-refractivity contribution in [3.8, 4) is 0 Å². The van der Waals surface area contributed by atoms with Crippen LogP contribution in [0.25, 0.3) is 0 Å². The quantitative estimate of drug-likeness (QED) is 0.583. The lowest BCUT2D eigenvalue weighted by atomic mass is 9.59. The molecule has 2 rings (SSSR count). The van der Waals surface area contributed by atoms with Crippen LogP contribution in [0.15, 0.2) is 0 Å². The zero-order valence-corrected chi connectivity index (χ0v) is 13.5. The molecule has 0 aromatic carbocycles. The number of carbonyl (C=O) groups excluding carboxylic acids is 1. The van der Waals surface area contributed by atoms with Gasteiger partial charge in [0.1, 0.15) is 0 Å². The van der Waals surface area contributed by atoms with E-state index in [-0.39, 0.29) is 12.5 Å². The first-order valence-corrected chi connectivity index (χ1v) is 9.12. The molecule has 2 fully saturated rings. The summed E-state index contributed by atoms with van der Waals surface area (Å²) in [4.78, 5) is 11.3. The predicted octanol–water partition coefficient (Wildman–Crippen LogP) is 2.96. The van der Waals surface area contributed by atoms with E-state index >= 15 is 0 Å². The highest BCUT2D eigenvalue weighted by atomic mass is 32.2. The highest BCUT2D eigenvalue weighted by molar-refractivity contribution is 7.87. The molecule has 0 saturated heterocycles. The number of alkyl halides is 3. The lowest BCUT2D eigenvalue weighted by Crippen LogP contribution is -2.44. The minimum atomic E-state index is -5.85. The molecule has 0 spiro atoms. The Hall–Kier alpha value is -0.830. The topological polar surface area (TPSA) is 80.7 Å². The zero-order valence-electron chi connectivity index (χ0n) is 12.6. The number of hydrogen-bond donors (Lipinski definition) is 1. The summed E-state index contributed by atoms with van der Waals surface area (Å²) in [5.74, 6) is -1.78. The van der Waals surface area contributed by atoms with Gasteiger partial charge in [-0.05, 0) is 43.9 Å². The lowest BCUT2D eigenvalue weighted by molar-refractivity contribution is -0.168. The summed E-state index contributed by atoms with van der Waals surface area (Å²) in [5, 5.41) is -4.97. The zero-order chi connectivity index (χ0) is 17.3. The van der Waals surface area contributed by atoms with E-state index in [1.165, 1.54) is 0 Å². The van der Waals surface area contributed by atoms with E-state index in [2.05, 4.69) is 4.74 Å². The van der Waals surface area contributed by atoms with Crippen molar-refractivity contribution in [1.82, 2.24) is 0 Å². The maximum atomic E-state index is 13.2. The number of fused-ring (bicyclic) bond motifs is 2. The molecule has 23 heavy (non-hydrogen) atoms. The van der Waals surface area contributed by atoms with Gasteiger partial charge in [0.15, 0.2) is 0 Å². The van der Waals surface area contributed by atoms with Gasteiger partial charge < -0.3 is 4.74 Å². The van der Waals surface area contributed by atoms with E-state index < -0.39 is 33.4 Å². The Kier molecular flexibility index (Phi) is 5.30. The summed E-state index contributed by atoms with van der Waals surface area (Å²) in [6, 6.07) is 0. The lowest BCUT2D eigenvalue weighted by Gasteiger charge is -2.48. The van der Waals surface area contributed by atoms with Crippen LogP contribution in [-0.4, -0.2) is 37.5 Å². The minimum Gasteiger partial charge on any atom is -0.460 e. The number of hydrogen-bond acceptors (Lipinski definition) is 4. The molecule has 3 unspecified atom stereocenters. The van der Waals surface area contributed by atoms with Crippen LogP contribution in [0.4, 0.5) is 13.2 Å². The van der Waals surface area contributed by atoms with Gasteiger partial charge in [-0.3, -0.25) is 8.94 Å². The highest BCUT2D eigenvalue weighted by Gasteiger charge is 2.55. The summed E-state index contributed by atoms with van der Waals surface area (Å²) in [6.07, 6.45) is 5.11. The summed E-state index contributed by atoms with van der Waals surface area (Å²) >= 11 is 0. The van der Waals surface area contributed by atoms with Crippen molar-refractivity contribution in [2.75, 3.05) is 13.3 Å². The molecule has 0 aliphatic heterocycles. The molecule has 2 saturated carbocycles. The number of rotatable bonds is 6. The van der Waals surface area contributed by atoms with Crippen molar-refractivity contribution in [1.29, 1.82) is 0 Å². The van der Waals surface area contributed by atoms with E-state index in [1.807, 2.05) is 0 Å². The molecule has 3 atom stereocenters. The molecule has 0 aromatic heterocycles. The molecule has 134 valence electrons. The van der Waals surface area contributed by atoms with Crippen LogP contribution in [0.2, 0.25) is 0 Å². The van der Waals surface area contributed by atoms with Crippen LogP contribution >= 0.6 is 0 Å². The molecule has 9 heteroatoms. The maximum Gasteiger partial charge on any atom is 0.465 e. The van der Waals surface area contributed by atoms with E-state index in [0.717, 1.165) is 19.3 Å². The molecular formula is C14H21F3O5S. The molecule has 0 aromatic rings. The van der Waals surface area contributed by atoms with Crippen LogP contribution in [-0.2, 0) is 19.6 Å². The van der Waals surface area contributed by atoms with Gasteiger partial charge in [0.25, 0.3) is 0 Å². The normalized spacial score (nSPS) is 31.7. The Morgan fingerprint density at radius 1 is 1.35 bits per heavy atom. The number of ether oxygens (including phenoxy) is 1. The Morgan fingerprint density at radius 2 is 2.04 bits per heavy atom. The molecule has 2 aliphatic carbocycles. The monoisotopic (exact) mass is 358 g/mol. The minimum absolute atomic E-state index is 0.125. The fourth-order valence-electron chi connectivity index (χ4n) is 4.11. The first kappa shape index (κ1) is 18.5. The van der Waals surface area contributed by atoms with Gasteiger partial charge >= 0.3 is 21.3 Å². The molecule has 0 amide bonds. The van der Waals surface area contributed by atoms with Gasteiger partial charge in [0.2, 0.25) is 0 Å². The summed E-state index contributed by atoms with van der Waals surface area (Å²) in [6.45, 7) is -0.774. The van der Waals surface area contributed by atoms with Gasteiger partial charge in [-0.2, -0.15) is 17.2 Å². The fourth-order valence-corrected chi connectivity index (χ4v) is 4.38. The summed E-state index contributed by atoms with van der Waals surface area (Å²) in [5.41, 5.74) is -0.494. The van der Waals surface area contributed by atoms with Crippen molar-refractivity contribution >= 4 is 16.1 Å². The molecule has 2 aliphatic rings. The second-order valence-electron chi connectivity index (χ2n) is 6.81. The second-order valence-corrected chi connectivity index (χ2v) is 8.28. The third kappa shape index (κ3) is 3.99. The van der Waals surface area contributed by atoms with Gasteiger partial charge in [0, 0.05) is 5.41 Å². The number of halogens is 3. The Morgan fingerprint density at radius 3 is 2.65 bits per heavy atom. The van der Waals surface area contributed by atoms with Crippen LogP contribution < -0.4 is 0 Å². The van der Waals surface area contributed by atoms with Crippen LogP contribution in [0.1, 0.15) is 44.9 Å². The van der Waals surface area contributed by atoms with E-state index in [9.17, 15) is 26.4 Å². The number of carbonyl (C=O) groups is 1. The van der Waals surface area contributed by atoms with Crippen molar-refractivity contribution in [2.24, 2.45) is 17.3 Å². The van der Waals surface area contributed by atoms with E-state index in [1.54, 1.807) is 0 Å². The average molecular weight is 358 g/mol. The third-order valence-electron chi connectivity index (χ3n) is 5.02. The molecule has 1 N–H and O–H groups in total. The van der Waals surface area contributed by atoms with Crippen molar-refractivity contribution < 1.29 is 35.7 Å². The Balaban J connectivity index is 2.04. The van der Waals surface area contributed by atoms with Gasteiger partial charge in [0.05, 0.1) is 13.3 Å². The molecule has 5 nitrogen and oxygen atoms in total. The highest BCUT2D eigenvalue weighted by Crippen LogP contribution is 2.52. The SMILES string of the molecule is O=C(OCC12CCCC(CC(CCF)C1)C2)C(F)(F)S(=O)(=O)O. The van der Waals surface area contributed by atoms with E-state index in [4.69, 9.17) is 4.55 Å². The number of esters is 1. The average Bonchev–Trinajstić information content (AvgIpc) is 2.43. The Labute approximate surface area is 133 Å². The van der Waals surface area contributed by atoms with Gasteiger partial charge in [-0.25, -0.2) is 4.79 Å². The predicted molar refractivity (Wildman–Crippen MR) is 75.2 cm³/mol. The van der Waals surface area contributed by atoms with Crippen molar-refractivity contribution in [3.05, 3.63) is 0 Å². The summed E-state index contributed by atoms with van der Waals surface area (Å²) < 4.78 is 73.2. The van der Waals surface area contributed by atoms with E-state index in [0.29, 0.717) is 31.6 Å². The largest absolute Gasteiger partial charge is 0.465 e. The molecule has 2 bridgehead atoms. The second kappa shape index (κ2) is 6.58. The smallest absolute Gasteiger partial charge is 0.460 e. The third-order valence-corrected chi connectivity index (χ3v) is 5.83. The fraction of sp³-hybridized carbons (Fsp3) is 0.929. The van der Waals surface area contributed by atoms with Gasteiger partial charge in [-0.15, -0.1) is 0 Å². The molecule has 0 radical (unpaired) electrons. The standard InChI is InChI=1S/C14H21F3O5S/c15-5-3-11-6-10-2-1-4-13(7-10,8-11)9-22-12(18)14(16,17)23(19,20)21/h10-11H,1-9H2,(H,19,20,21). The van der Waals surface area contributed by atoms with Crippen molar-refractivity contribution in [3.63, 3.8) is 0 Å². The van der Waals surface area contributed by atoms with Crippen LogP contribution in [0, 0.1) is 17.3 Å². The molecule has 0 heterocycles. The Bertz CT molecular complexity index is 551.